The van der Waals surface area contributed by atoms with Crippen LogP contribution in [0.15, 0.2) is 11.6 Å². The molecule has 1 aliphatic rings. The van der Waals surface area contributed by atoms with E-state index in [1.807, 2.05) is 30.0 Å². The summed E-state index contributed by atoms with van der Waals surface area (Å²) in [6.07, 6.45) is 1.88. The molecular weight excluding hydrogens is 302 g/mol. The van der Waals surface area contributed by atoms with Gasteiger partial charge in [-0.05, 0) is 20.9 Å². The second-order valence-corrected chi connectivity index (χ2v) is 7.13. The molecule has 21 heavy (non-hydrogen) atoms. The Hall–Kier alpha value is -1.18. The molecule has 1 atom stereocenters. The summed E-state index contributed by atoms with van der Waals surface area (Å²) in [5, 5.41) is 7.63. The number of aryl methyl sites for hydroxylation is 1. The van der Waals surface area contributed by atoms with Crippen molar-refractivity contribution in [3.63, 3.8) is 0 Å². The SMILES string of the molecule is CNC(C)c1sc(N2CCN(c3nccs3)CC2)nc1C. The number of aromatic nitrogens is 2. The number of hydrogen-bond donors (Lipinski definition) is 1. The molecule has 1 aliphatic heterocycles. The van der Waals surface area contributed by atoms with E-state index in [-0.39, 0.29) is 0 Å². The minimum Gasteiger partial charge on any atom is -0.345 e. The first-order valence-electron chi connectivity index (χ1n) is 7.23. The van der Waals surface area contributed by atoms with Crippen LogP contribution in [0.4, 0.5) is 10.3 Å². The first-order valence-corrected chi connectivity index (χ1v) is 8.92. The highest BCUT2D eigenvalue weighted by atomic mass is 32.1. The number of nitrogens with one attached hydrogen (secondary N) is 1. The van der Waals surface area contributed by atoms with E-state index in [1.54, 1.807) is 11.3 Å². The van der Waals surface area contributed by atoms with Crippen LogP contribution in [-0.4, -0.2) is 43.2 Å². The molecule has 0 aromatic carbocycles. The predicted molar refractivity (Wildman–Crippen MR) is 90.9 cm³/mol. The van der Waals surface area contributed by atoms with E-state index in [4.69, 9.17) is 4.98 Å². The number of piperazine rings is 1. The fourth-order valence-corrected chi connectivity index (χ4v) is 4.40. The summed E-state index contributed by atoms with van der Waals surface area (Å²) in [4.78, 5) is 15.3. The first-order chi connectivity index (χ1) is 10.2. The molecule has 0 bridgehead atoms. The third kappa shape index (κ3) is 3.04. The zero-order valence-corrected chi connectivity index (χ0v) is 14.3. The highest BCUT2D eigenvalue weighted by Gasteiger charge is 2.22. The monoisotopic (exact) mass is 323 g/mol. The largest absolute Gasteiger partial charge is 0.345 e. The Morgan fingerprint density at radius 3 is 2.43 bits per heavy atom. The standard InChI is InChI=1S/C14H21N5S2/c1-10(15-3)12-11(2)17-14(21-12)19-7-5-18(6-8-19)13-16-4-9-20-13/h4,9-10,15H,5-8H2,1-3H3. The van der Waals surface area contributed by atoms with E-state index < -0.39 is 0 Å². The number of anilines is 2. The maximum Gasteiger partial charge on any atom is 0.185 e. The Balaban J connectivity index is 1.67. The molecule has 0 saturated carbocycles. The van der Waals surface area contributed by atoms with Crippen LogP contribution in [-0.2, 0) is 0 Å². The molecule has 0 radical (unpaired) electrons. The Morgan fingerprint density at radius 1 is 1.19 bits per heavy atom. The summed E-state index contributed by atoms with van der Waals surface area (Å²) in [5.41, 5.74) is 1.15. The lowest BCUT2D eigenvalue weighted by Crippen LogP contribution is -2.46. The molecule has 7 heteroatoms. The molecule has 1 N–H and O–H groups in total. The molecule has 3 rings (SSSR count). The van der Waals surface area contributed by atoms with Crippen molar-refractivity contribution in [1.82, 2.24) is 15.3 Å². The van der Waals surface area contributed by atoms with Gasteiger partial charge in [0.05, 0.1) is 5.69 Å². The molecule has 1 saturated heterocycles. The maximum atomic E-state index is 4.76. The minimum absolute atomic E-state index is 0.368. The van der Waals surface area contributed by atoms with Gasteiger partial charge >= 0.3 is 0 Å². The molecule has 114 valence electrons. The van der Waals surface area contributed by atoms with E-state index in [0.29, 0.717) is 6.04 Å². The predicted octanol–water partition coefficient (Wildman–Crippen LogP) is 2.52. The molecule has 5 nitrogen and oxygen atoms in total. The van der Waals surface area contributed by atoms with Gasteiger partial charge in [0, 0.05) is 48.7 Å². The molecule has 1 unspecified atom stereocenters. The van der Waals surface area contributed by atoms with Crippen molar-refractivity contribution in [3.8, 4) is 0 Å². The van der Waals surface area contributed by atoms with Gasteiger partial charge in [0.2, 0.25) is 0 Å². The highest BCUT2D eigenvalue weighted by Crippen LogP contribution is 2.31. The van der Waals surface area contributed by atoms with Crippen LogP contribution in [0.3, 0.4) is 0 Å². The Labute approximate surface area is 133 Å². The third-order valence-electron chi connectivity index (χ3n) is 3.89. The van der Waals surface area contributed by atoms with Crippen LogP contribution < -0.4 is 15.1 Å². The highest BCUT2D eigenvalue weighted by molar-refractivity contribution is 7.15. The molecule has 3 heterocycles. The van der Waals surface area contributed by atoms with Crippen molar-refractivity contribution in [2.45, 2.75) is 19.9 Å². The zero-order chi connectivity index (χ0) is 14.8. The summed E-state index contributed by atoms with van der Waals surface area (Å²) < 4.78 is 0. The van der Waals surface area contributed by atoms with Gasteiger partial charge < -0.3 is 15.1 Å². The Morgan fingerprint density at radius 2 is 1.86 bits per heavy atom. The van der Waals surface area contributed by atoms with Crippen LogP contribution in [0.25, 0.3) is 0 Å². The van der Waals surface area contributed by atoms with Crippen molar-refractivity contribution in [3.05, 3.63) is 22.1 Å². The van der Waals surface area contributed by atoms with Crippen LogP contribution in [0.1, 0.15) is 23.5 Å². The summed E-state index contributed by atoms with van der Waals surface area (Å²) in [5.74, 6) is 0. The average molecular weight is 323 g/mol. The zero-order valence-electron chi connectivity index (χ0n) is 12.7. The molecular formula is C14H21N5S2. The molecule has 0 amide bonds. The summed E-state index contributed by atoms with van der Waals surface area (Å²) in [6, 6.07) is 0.368. The van der Waals surface area contributed by atoms with E-state index in [1.165, 1.54) is 4.88 Å². The second-order valence-electron chi connectivity index (χ2n) is 5.25. The quantitative estimate of drug-likeness (QED) is 0.936. The lowest BCUT2D eigenvalue weighted by Gasteiger charge is -2.34. The van der Waals surface area contributed by atoms with E-state index >= 15 is 0 Å². The lowest BCUT2D eigenvalue weighted by molar-refractivity contribution is 0.649. The molecule has 0 aliphatic carbocycles. The van der Waals surface area contributed by atoms with Crippen LogP contribution in [0, 0.1) is 6.92 Å². The van der Waals surface area contributed by atoms with Crippen LogP contribution in [0.2, 0.25) is 0 Å². The average Bonchev–Trinajstić information content (AvgIpc) is 3.16. The van der Waals surface area contributed by atoms with E-state index in [2.05, 4.69) is 33.9 Å². The van der Waals surface area contributed by atoms with Gasteiger partial charge in [-0.3, -0.25) is 0 Å². The number of rotatable bonds is 4. The van der Waals surface area contributed by atoms with Gasteiger partial charge in [-0.1, -0.05) is 0 Å². The topological polar surface area (TPSA) is 44.3 Å². The maximum absolute atomic E-state index is 4.76. The summed E-state index contributed by atoms with van der Waals surface area (Å²) >= 11 is 3.53. The number of hydrogen-bond acceptors (Lipinski definition) is 7. The minimum atomic E-state index is 0.368. The molecule has 2 aromatic heterocycles. The van der Waals surface area contributed by atoms with Gasteiger partial charge in [0.15, 0.2) is 10.3 Å². The van der Waals surface area contributed by atoms with E-state index in [0.717, 1.165) is 42.1 Å². The second kappa shape index (κ2) is 6.29. The van der Waals surface area contributed by atoms with Crippen LogP contribution in [0.5, 0.6) is 0 Å². The Kier molecular flexibility index (Phi) is 4.42. The number of nitrogens with zero attached hydrogens (tertiary/aromatic N) is 4. The van der Waals surface area contributed by atoms with Crippen molar-refractivity contribution in [2.75, 3.05) is 43.0 Å². The Bertz CT molecular complexity index is 572. The van der Waals surface area contributed by atoms with Crippen molar-refractivity contribution in [2.24, 2.45) is 0 Å². The van der Waals surface area contributed by atoms with Gasteiger partial charge in [-0.25, -0.2) is 9.97 Å². The van der Waals surface area contributed by atoms with Gasteiger partial charge in [0.25, 0.3) is 0 Å². The molecule has 2 aromatic rings. The van der Waals surface area contributed by atoms with Crippen molar-refractivity contribution >= 4 is 32.9 Å². The molecule has 1 fully saturated rings. The van der Waals surface area contributed by atoms with Crippen molar-refractivity contribution < 1.29 is 0 Å². The normalized spacial score (nSPS) is 17.3. The van der Waals surface area contributed by atoms with Gasteiger partial charge in [-0.15, -0.1) is 22.7 Å². The van der Waals surface area contributed by atoms with Crippen molar-refractivity contribution in [1.29, 1.82) is 0 Å². The van der Waals surface area contributed by atoms with Gasteiger partial charge in [0.1, 0.15) is 0 Å². The number of thiazole rings is 2. The van der Waals surface area contributed by atoms with Crippen LogP contribution >= 0.6 is 22.7 Å². The third-order valence-corrected chi connectivity index (χ3v) is 6.12. The van der Waals surface area contributed by atoms with E-state index in [9.17, 15) is 0 Å². The fraction of sp³-hybridized carbons (Fsp3) is 0.571. The smallest absolute Gasteiger partial charge is 0.185 e. The summed E-state index contributed by atoms with van der Waals surface area (Å²) in [6.45, 7) is 8.35. The van der Waals surface area contributed by atoms with Gasteiger partial charge in [-0.2, -0.15) is 0 Å². The summed E-state index contributed by atoms with van der Waals surface area (Å²) in [7, 11) is 2.00. The fourth-order valence-electron chi connectivity index (χ4n) is 2.52. The molecule has 0 spiro atoms. The first kappa shape index (κ1) is 14.7. The lowest BCUT2D eigenvalue weighted by atomic mass is 10.2.